The molecular formula is C12H17NO3S2. The quantitative estimate of drug-likeness (QED) is 0.443. The van der Waals surface area contributed by atoms with Crippen molar-refractivity contribution < 1.29 is 14.7 Å². The molecule has 0 aliphatic carbocycles. The number of carbonyl (C=O) groups excluding carboxylic acids is 1. The number of rotatable bonds is 7. The molecule has 0 atom stereocenters. The number of unbranched alkanes of at least 4 members (excludes halogenated alkanes) is 2. The summed E-state index contributed by atoms with van der Waals surface area (Å²) in [6.07, 6.45) is 5.46. The summed E-state index contributed by atoms with van der Waals surface area (Å²) in [7, 11) is 0. The first-order valence-corrected chi connectivity index (χ1v) is 7.24. The van der Waals surface area contributed by atoms with Crippen molar-refractivity contribution >= 4 is 40.2 Å². The van der Waals surface area contributed by atoms with Gasteiger partial charge in [-0.05, 0) is 12.8 Å². The van der Waals surface area contributed by atoms with Gasteiger partial charge in [0.15, 0.2) is 0 Å². The Balaban J connectivity index is 2.50. The molecule has 0 radical (unpaired) electrons. The topological polar surface area (TPSA) is 57.6 Å². The fourth-order valence-electron chi connectivity index (χ4n) is 1.56. The Hall–Kier alpha value is -0.880. The van der Waals surface area contributed by atoms with Crippen molar-refractivity contribution in [2.45, 2.75) is 39.0 Å². The molecule has 6 heteroatoms. The molecule has 1 fully saturated rings. The van der Waals surface area contributed by atoms with Gasteiger partial charge in [0.05, 0.1) is 4.91 Å². The van der Waals surface area contributed by atoms with Crippen LogP contribution < -0.4 is 0 Å². The molecule has 0 spiro atoms. The lowest BCUT2D eigenvalue weighted by atomic mass is 10.2. The van der Waals surface area contributed by atoms with Gasteiger partial charge in [-0.3, -0.25) is 14.5 Å². The molecule has 1 heterocycles. The molecule has 100 valence electrons. The normalized spacial score (nSPS) is 17.8. The summed E-state index contributed by atoms with van der Waals surface area (Å²) >= 11 is 6.44. The van der Waals surface area contributed by atoms with Crippen LogP contribution in [0.5, 0.6) is 0 Å². The number of thiocarbonyl (C=S) groups is 1. The maximum atomic E-state index is 12.0. The van der Waals surface area contributed by atoms with E-state index in [0.29, 0.717) is 22.2 Å². The summed E-state index contributed by atoms with van der Waals surface area (Å²) in [5.41, 5.74) is 0. The van der Waals surface area contributed by atoms with Gasteiger partial charge in [0.1, 0.15) is 4.32 Å². The minimum atomic E-state index is -0.848. The first-order valence-electron chi connectivity index (χ1n) is 6.02. The van der Waals surface area contributed by atoms with Gasteiger partial charge in [0, 0.05) is 13.0 Å². The second-order valence-corrected chi connectivity index (χ2v) is 5.71. The van der Waals surface area contributed by atoms with E-state index in [4.69, 9.17) is 17.3 Å². The summed E-state index contributed by atoms with van der Waals surface area (Å²) in [6.45, 7) is 2.49. The highest BCUT2D eigenvalue weighted by atomic mass is 32.2. The molecule has 1 aliphatic rings. The Morgan fingerprint density at radius 3 is 2.83 bits per heavy atom. The molecule has 1 N–H and O–H groups in total. The van der Waals surface area contributed by atoms with E-state index < -0.39 is 5.97 Å². The largest absolute Gasteiger partial charge is 0.481 e. The Labute approximate surface area is 116 Å². The summed E-state index contributed by atoms with van der Waals surface area (Å²) in [5.74, 6) is -0.926. The monoisotopic (exact) mass is 287 g/mol. The van der Waals surface area contributed by atoms with Crippen LogP contribution in [0.25, 0.3) is 0 Å². The molecule has 1 rings (SSSR count). The highest BCUT2D eigenvalue weighted by Gasteiger charge is 2.31. The van der Waals surface area contributed by atoms with Crippen LogP contribution in [0.4, 0.5) is 0 Å². The SMILES string of the molecule is CCCC/C=C1\SC(=S)N(CCCC(=O)O)C1=O. The van der Waals surface area contributed by atoms with Gasteiger partial charge in [0.2, 0.25) is 0 Å². The number of amides is 1. The van der Waals surface area contributed by atoms with Crippen LogP contribution in [0.2, 0.25) is 0 Å². The predicted molar refractivity (Wildman–Crippen MR) is 76.4 cm³/mol. The molecular weight excluding hydrogens is 270 g/mol. The lowest BCUT2D eigenvalue weighted by molar-refractivity contribution is -0.137. The molecule has 0 bridgehead atoms. The number of hydrogen-bond donors (Lipinski definition) is 1. The van der Waals surface area contributed by atoms with Crippen molar-refractivity contribution in [2.75, 3.05) is 6.54 Å². The number of carboxylic acids is 1. The zero-order valence-corrected chi connectivity index (χ0v) is 12.0. The molecule has 18 heavy (non-hydrogen) atoms. The molecule has 0 aromatic heterocycles. The predicted octanol–water partition coefficient (Wildman–Crippen LogP) is 2.79. The Kier molecular flexibility index (Phi) is 6.35. The molecule has 0 aromatic rings. The van der Waals surface area contributed by atoms with Gasteiger partial charge >= 0.3 is 5.97 Å². The second kappa shape index (κ2) is 7.53. The average molecular weight is 287 g/mol. The molecule has 1 amide bonds. The second-order valence-electron chi connectivity index (χ2n) is 4.03. The van der Waals surface area contributed by atoms with Gasteiger partial charge in [-0.2, -0.15) is 0 Å². The number of carboxylic acid groups (broad SMARTS) is 1. The van der Waals surface area contributed by atoms with Crippen molar-refractivity contribution in [3.05, 3.63) is 11.0 Å². The first kappa shape index (κ1) is 15.2. The van der Waals surface area contributed by atoms with Gasteiger partial charge in [-0.15, -0.1) is 0 Å². The summed E-state index contributed by atoms with van der Waals surface area (Å²) in [5, 5.41) is 8.56. The number of allylic oxidation sites excluding steroid dienone is 1. The van der Waals surface area contributed by atoms with Gasteiger partial charge in [-0.1, -0.05) is 49.8 Å². The third-order valence-electron chi connectivity index (χ3n) is 2.53. The van der Waals surface area contributed by atoms with E-state index in [9.17, 15) is 9.59 Å². The average Bonchev–Trinajstić information content (AvgIpc) is 2.56. The van der Waals surface area contributed by atoms with Crippen LogP contribution in [-0.2, 0) is 9.59 Å². The van der Waals surface area contributed by atoms with E-state index >= 15 is 0 Å². The minimum Gasteiger partial charge on any atom is -0.481 e. The van der Waals surface area contributed by atoms with E-state index in [2.05, 4.69) is 6.92 Å². The molecule has 1 aliphatic heterocycles. The fraction of sp³-hybridized carbons (Fsp3) is 0.583. The van der Waals surface area contributed by atoms with Crippen LogP contribution in [0, 0.1) is 0 Å². The minimum absolute atomic E-state index is 0.0615. The van der Waals surface area contributed by atoms with E-state index in [0.717, 1.165) is 19.3 Å². The zero-order chi connectivity index (χ0) is 13.5. The molecule has 1 saturated heterocycles. The van der Waals surface area contributed by atoms with Gasteiger partial charge in [0.25, 0.3) is 5.91 Å². The zero-order valence-electron chi connectivity index (χ0n) is 10.3. The van der Waals surface area contributed by atoms with E-state index in [1.54, 1.807) is 0 Å². The van der Waals surface area contributed by atoms with Crippen molar-refractivity contribution in [1.82, 2.24) is 4.90 Å². The van der Waals surface area contributed by atoms with Gasteiger partial charge < -0.3 is 5.11 Å². The lowest BCUT2D eigenvalue weighted by Gasteiger charge is -2.13. The van der Waals surface area contributed by atoms with Crippen molar-refractivity contribution in [2.24, 2.45) is 0 Å². The van der Waals surface area contributed by atoms with E-state index in [1.165, 1.54) is 16.7 Å². The standard InChI is InChI=1S/C12H17NO3S2/c1-2-3-4-6-9-11(16)13(12(17)18-9)8-5-7-10(14)15/h6H,2-5,7-8H2,1H3,(H,14,15)/b9-6-. The first-order chi connectivity index (χ1) is 8.56. The Bertz CT molecular complexity index is 380. The van der Waals surface area contributed by atoms with Crippen molar-refractivity contribution in [3.63, 3.8) is 0 Å². The highest BCUT2D eigenvalue weighted by Crippen LogP contribution is 2.31. The number of nitrogens with zero attached hydrogens (tertiary/aromatic N) is 1. The number of carbonyl (C=O) groups is 2. The van der Waals surface area contributed by atoms with Crippen LogP contribution in [0.3, 0.4) is 0 Å². The summed E-state index contributed by atoms with van der Waals surface area (Å²) < 4.78 is 0.535. The summed E-state index contributed by atoms with van der Waals surface area (Å²) in [6, 6.07) is 0. The third kappa shape index (κ3) is 4.42. The Morgan fingerprint density at radius 2 is 2.22 bits per heavy atom. The van der Waals surface area contributed by atoms with E-state index in [-0.39, 0.29) is 12.3 Å². The highest BCUT2D eigenvalue weighted by molar-refractivity contribution is 8.26. The lowest BCUT2D eigenvalue weighted by Crippen LogP contribution is -2.29. The maximum Gasteiger partial charge on any atom is 0.303 e. The van der Waals surface area contributed by atoms with E-state index in [1.807, 2.05) is 6.08 Å². The maximum absolute atomic E-state index is 12.0. The number of thioether (sulfide) groups is 1. The third-order valence-corrected chi connectivity index (χ3v) is 3.96. The van der Waals surface area contributed by atoms with Gasteiger partial charge in [-0.25, -0.2) is 0 Å². The van der Waals surface area contributed by atoms with Crippen LogP contribution >= 0.6 is 24.0 Å². The Morgan fingerprint density at radius 1 is 1.50 bits per heavy atom. The van der Waals surface area contributed by atoms with Crippen molar-refractivity contribution in [3.8, 4) is 0 Å². The van der Waals surface area contributed by atoms with Crippen LogP contribution in [0.1, 0.15) is 39.0 Å². The molecule has 0 aromatic carbocycles. The van der Waals surface area contributed by atoms with Crippen LogP contribution in [-0.4, -0.2) is 32.7 Å². The molecule has 4 nitrogen and oxygen atoms in total. The molecule has 0 saturated carbocycles. The smallest absolute Gasteiger partial charge is 0.303 e. The molecule has 0 unspecified atom stereocenters. The van der Waals surface area contributed by atoms with Crippen molar-refractivity contribution in [1.29, 1.82) is 0 Å². The fourth-order valence-corrected chi connectivity index (χ4v) is 2.87. The van der Waals surface area contributed by atoms with Crippen LogP contribution in [0.15, 0.2) is 11.0 Å². The summed E-state index contributed by atoms with van der Waals surface area (Å²) in [4.78, 5) is 24.6. The number of aliphatic carboxylic acids is 1. The number of hydrogen-bond acceptors (Lipinski definition) is 4.